The Kier molecular flexibility index (Phi) is 5.86. The molecule has 0 spiro atoms. The number of aliphatic hydroxyl groups is 1. The van der Waals surface area contributed by atoms with E-state index in [0.717, 1.165) is 0 Å². The Morgan fingerprint density at radius 3 is 2.42 bits per heavy atom. The number of hydrogen-bond donors (Lipinski definition) is 1. The van der Waals surface area contributed by atoms with E-state index in [0.29, 0.717) is 30.1 Å². The third kappa shape index (κ3) is 4.22. The van der Waals surface area contributed by atoms with Gasteiger partial charge >= 0.3 is 0 Å². The Bertz CT molecular complexity index is 1130. The summed E-state index contributed by atoms with van der Waals surface area (Å²) >= 11 is 6.01. The van der Waals surface area contributed by atoms with E-state index in [9.17, 15) is 19.1 Å². The van der Waals surface area contributed by atoms with Crippen LogP contribution in [0.2, 0.25) is 5.02 Å². The number of halogens is 2. The zero-order chi connectivity index (χ0) is 22.0. The number of hydrogen-bond acceptors (Lipinski definition) is 4. The molecule has 6 nitrogen and oxygen atoms in total. The number of amides is 1. The molecule has 1 unspecified atom stereocenters. The smallest absolute Gasteiger partial charge is 0.295 e. The Balaban J connectivity index is 1.72. The van der Waals surface area contributed by atoms with Gasteiger partial charge in [0.2, 0.25) is 0 Å². The molecule has 1 saturated heterocycles. The average Bonchev–Trinajstić information content (AvgIpc) is 3.37. The van der Waals surface area contributed by atoms with Crippen LogP contribution in [0.3, 0.4) is 0 Å². The van der Waals surface area contributed by atoms with Gasteiger partial charge in [0, 0.05) is 36.1 Å². The van der Waals surface area contributed by atoms with Crippen molar-refractivity contribution in [3.05, 3.63) is 94.8 Å². The molecule has 1 aliphatic heterocycles. The number of nitrogens with zero attached hydrogens (tertiary/aromatic N) is 3. The summed E-state index contributed by atoms with van der Waals surface area (Å²) < 4.78 is 15.2. The van der Waals surface area contributed by atoms with Crippen molar-refractivity contribution in [2.75, 3.05) is 6.54 Å². The van der Waals surface area contributed by atoms with Gasteiger partial charge in [0.1, 0.15) is 11.6 Å². The molecule has 1 atom stereocenters. The van der Waals surface area contributed by atoms with Gasteiger partial charge in [-0.2, -0.15) is 0 Å². The Labute approximate surface area is 183 Å². The van der Waals surface area contributed by atoms with Crippen molar-refractivity contribution in [1.29, 1.82) is 0 Å². The van der Waals surface area contributed by atoms with Gasteiger partial charge in [-0.05, 0) is 48.4 Å². The molecule has 1 fully saturated rings. The van der Waals surface area contributed by atoms with E-state index in [1.807, 2.05) is 10.8 Å². The van der Waals surface area contributed by atoms with Crippen LogP contribution < -0.4 is 0 Å². The van der Waals surface area contributed by atoms with Crippen molar-refractivity contribution in [1.82, 2.24) is 14.5 Å². The van der Waals surface area contributed by atoms with E-state index in [2.05, 4.69) is 4.98 Å². The second-order valence-electron chi connectivity index (χ2n) is 7.20. The van der Waals surface area contributed by atoms with Crippen LogP contribution in [0.15, 0.2) is 72.8 Å². The molecule has 2 aromatic carbocycles. The standard InChI is InChI=1S/C23H19ClFN3O3/c24-17-6-2-15(3-7-17)20-19(21(29)16-4-8-18(25)9-5-16)22(30)23(31)28(20)12-1-11-27-13-10-26-14-27/h2-10,13-14,20,29H,1,11-12H2. The van der Waals surface area contributed by atoms with Gasteiger partial charge in [-0.3, -0.25) is 9.59 Å². The first-order valence-corrected chi connectivity index (χ1v) is 10.1. The number of carbonyl (C=O) groups excluding carboxylic acids is 2. The van der Waals surface area contributed by atoms with Crippen molar-refractivity contribution in [3.63, 3.8) is 0 Å². The Hall–Kier alpha value is -3.45. The molecule has 1 aromatic heterocycles. The molecule has 3 aromatic rings. The van der Waals surface area contributed by atoms with Gasteiger partial charge in [0.15, 0.2) is 0 Å². The number of Topliss-reactive ketones (excluding diaryl/α,β-unsaturated/α-hetero) is 1. The predicted octanol–water partition coefficient (Wildman–Crippen LogP) is 4.19. The quantitative estimate of drug-likeness (QED) is 0.355. The van der Waals surface area contributed by atoms with Crippen LogP contribution in [0.5, 0.6) is 0 Å². The normalized spacial score (nSPS) is 18.0. The number of rotatable bonds is 6. The summed E-state index contributed by atoms with van der Waals surface area (Å²) in [6, 6.07) is 11.1. The van der Waals surface area contributed by atoms with Crippen molar-refractivity contribution in [2.45, 2.75) is 19.0 Å². The van der Waals surface area contributed by atoms with Gasteiger partial charge in [-0.1, -0.05) is 23.7 Å². The summed E-state index contributed by atoms with van der Waals surface area (Å²) in [5, 5.41) is 11.4. The summed E-state index contributed by atoms with van der Waals surface area (Å²) in [5.41, 5.74) is 0.883. The van der Waals surface area contributed by atoms with Crippen molar-refractivity contribution >= 4 is 29.1 Å². The van der Waals surface area contributed by atoms with Crippen LogP contribution in [0, 0.1) is 5.82 Å². The molecule has 0 aliphatic carbocycles. The maximum Gasteiger partial charge on any atom is 0.295 e. The summed E-state index contributed by atoms with van der Waals surface area (Å²) in [5.74, 6) is -2.26. The van der Waals surface area contributed by atoms with E-state index >= 15 is 0 Å². The lowest BCUT2D eigenvalue weighted by Crippen LogP contribution is -2.31. The summed E-state index contributed by atoms with van der Waals surface area (Å²) in [4.78, 5) is 31.2. The van der Waals surface area contributed by atoms with Crippen LogP contribution in [-0.4, -0.2) is 37.8 Å². The Morgan fingerprint density at radius 1 is 1.06 bits per heavy atom. The second kappa shape index (κ2) is 8.73. The molecular formula is C23H19ClFN3O3. The van der Waals surface area contributed by atoms with Crippen molar-refractivity contribution in [3.8, 4) is 0 Å². The third-order valence-electron chi connectivity index (χ3n) is 5.22. The van der Waals surface area contributed by atoms with Crippen LogP contribution in [0.4, 0.5) is 4.39 Å². The SMILES string of the molecule is O=C1C(=O)N(CCCn2ccnc2)C(c2ccc(Cl)cc2)C1=C(O)c1ccc(F)cc1. The van der Waals surface area contributed by atoms with Gasteiger partial charge in [-0.15, -0.1) is 0 Å². The number of aryl methyl sites for hydroxylation is 1. The number of carbonyl (C=O) groups is 2. The molecule has 158 valence electrons. The molecule has 31 heavy (non-hydrogen) atoms. The number of aromatic nitrogens is 2. The Morgan fingerprint density at radius 2 is 1.77 bits per heavy atom. The number of ketones is 1. The maximum atomic E-state index is 13.3. The van der Waals surface area contributed by atoms with E-state index in [1.165, 1.54) is 29.2 Å². The molecule has 1 amide bonds. The van der Waals surface area contributed by atoms with Gasteiger partial charge in [0.25, 0.3) is 11.7 Å². The van der Waals surface area contributed by atoms with E-state index < -0.39 is 23.5 Å². The molecule has 2 heterocycles. The topological polar surface area (TPSA) is 75.4 Å². The number of benzene rings is 2. The van der Waals surface area contributed by atoms with Crippen LogP contribution in [-0.2, 0) is 16.1 Å². The third-order valence-corrected chi connectivity index (χ3v) is 5.47. The maximum absolute atomic E-state index is 13.3. The van der Waals surface area contributed by atoms with Crippen molar-refractivity contribution in [2.24, 2.45) is 0 Å². The molecule has 1 N–H and O–H groups in total. The second-order valence-corrected chi connectivity index (χ2v) is 7.64. The molecule has 0 radical (unpaired) electrons. The monoisotopic (exact) mass is 439 g/mol. The van der Waals surface area contributed by atoms with E-state index in [4.69, 9.17) is 11.6 Å². The van der Waals surface area contributed by atoms with Crippen LogP contribution in [0.1, 0.15) is 23.6 Å². The highest BCUT2D eigenvalue weighted by Crippen LogP contribution is 2.39. The highest BCUT2D eigenvalue weighted by molar-refractivity contribution is 6.46. The minimum absolute atomic E-state index is 0.0263. The summed E-state index contributed by atoms with van der Waals surface area (Å²) in [6.45, 7) is 0.921. The molecule has 4 rings (SSSR count). The van der Waals surface area contributed by atoms with E-state index in [1.54, 1.807) is 36.8 Å². The van der Waals surface area contributed by atoms with Crippen LogP contribution >= 0.6 is 11.6 Å². The largest absolute Gasteiger partial charge is 0.507 e. The van der Waals surface area contributed by atoms with Gasteiger partial charge < -0.3 is 14.6 Å². The fraction of sp³-hybridized carbons (Fsp3) is 0.174. The molecule has 0 bridgehead atoms. The minimum atomic E-state index is -0.774. The first-order valence-electron chi connectivity index (χ1n) is 9.71. The number of aliphatic hydroxyl groups excluding tert-OH is 1. The summed E-state index contributed by atoms with van der Waals surface area (Å²) in [6.07, 6.45) is 5.76. The molecule has 0 saturated carbocycles. The fourth-order valence-corrected chi connectivity index (χ4v) is 3.83. The molecule has 8 heteroatoms. The predicted molar refractivity (Wildman–Crippen MR) is 114 cm³/mol. The summed E-state index contributed by atoms with van der Waals surface area (Å²) in [7, 11) is 0. The van der Waals surface area contributed by atoms with Gasteiger partial charge in [0.05, 0.1) is 17.9 Å². The minimum Gasteiger partial charge on any atom is -0.507 e. The van der Waals surface area contributed by atoms with E-state index in [-0.39, 0.29) is 16.9 Å². The number of likely N-dealkylation sites (tertiary alicyclic amines) is 1. The zero-order valence-electron chi connectivity index (χ0n) is 16.4. The fourth-order valence-electron chi connectivity index (χ4n) is 3.71. The average molecular weight is 440 g/mol. The number of imidazole rings is 1. The highest BCUT2D eigenvalue weighted by atomic mass is 35.5. The lowest BCUT2D eigenvalue weighted by molar-refractivity contribution is -0.139. The highest BCUT2D eigenvalue weighted by Gasteiger charge is 2.45. The van der Waals surface area contributed by atoms with Crippen LogP contribution in [0.25, 0.3) is 5.76 Å². The van der Waals surface area contributed by atoms with Gasteiger partial charge in [-0.25, -0.2) is 9.37 Å². The lowest BCUT2D eigenvalue weighted by Gasteiger charge is -2.25. The first kappa shape index (κ1) is 20.8. The zero-order valence-corrected chi connectivity index (χ0v) is 17.2. The molecule has 1 aliphatic rings. The van der Waals surface area contributed by atoms with Crippen molar-refractivity contribution < 1.29 is 19.1 Å². The first-order chi connectivity index (χ1) is 15.0. The molecular weight excluding hydrogens is 421 g/mol. The lowest BCUT2D eigenvalue weighted by atomic mass is 9.95.